The molecule has 72 heavy (non-hydrogen) atoms. The topological polar surface area (TPSA) is 52.6 Å². The molecule has 10 aromatic rings. The molecule has 0 spiro atoms. The summed E-state index contributed by atoms with van der Waals surface area (Å²) >= 11 is 0. The van der Waals surface area contributed by atoms with Crippen molar-refractivity contribution in [2.45, 2.75) is 70.4 Å². The lowest BCUT2D eigenvalue weighted by atomic mass is 9.70. The van der Waals surface area contributed by atoms with Crippen LogP contribution in [0.4, 0.5) is 22.0 Å². The molecule has 0 fully saturated rings. The summed E-state index contributed by atoms with van der Waals surface area (Å²) in [5.41, 5.74) is 9.44. The molecule has 0 radical (unpaired) electrons. The molecule has 0 amide bonds. The molecule has 0 saturated heterocycles. The summed E-state index contributed by atoms with van der Waals surface area (Å²) < 4.78 is 80.1. The fourth-order valence-corrected chi connectivity index (χ4v) is 11.6. The molecular weight excluding hydrogens is 916 g/mol. The van der Waals surface area contributed by atoms with Gasteiger partial charge in [0.25, 0.3) is 0 Å². The van der Waals surface area contributed by atoms with Crippen LogP contribution in [0.25, 0.3) is 98.0 Å². The Morgan fingerprint density at radius 1 is 0.500 bits per heavy atom. The normalized spacial score (nSPS) is 13.4. The number of carbonyl (C=O) groups is 2. The standard InChI is InChI=1S/C63H49F5O4/c1-35(2)59(69)71-26-6-24-61(25-7-27-72-60(70)36(3)4)53-32-41(47-18-12-39-8-10-43-28-37(5)29-44-16-22-51(47)57(39)55(43)44)14-20-49(53)50-21-15-42(33-54(50)61)48-19-13-40-9-11-45-30-38(34-62(64,65)63(66,67)68)31-46-17-23-52(48)58(40)56(45)46/h8-23,28-33H,1,3,6-7,24-27,34H2,2,4-5H3. The van der Waals surface area contributed by atoms with Crippen molar-refractivity contribution in [1.82, 2.24) is 0 Å². The Morgan fingerprint density at radius 3 is 1.32 bits per heavy atom. The zero-order valence-electron chi connectivity index (χ0n) is 40.1. The summed E-state index contributed by atoms with van der Waals surface area (Å²) in [5, 5.41) is 11.8. The Labute approximate surface area is 413 Å². The largest absolute Gasteiger partial charge is 0.462 e. The van der Waals surface area contributed by atoms with Crippen LogP contribution in [-0.4, -0.2) is 37.3 Å². The van der Waals surface area contributed by atoms with E-state index < -0.39 is 35.9 Å². The number of fused-ring (bicyclic) bond motifs is 3. The maximum atomic E-state index is 14.3. The van der Waals surface area contributed by atoms with E-state index in [9.17, 15) is 31.5 Å². The number of rotatable bonds is 14. The van der Waals surface area contributed by atoms with Crippen LogP contribution in [0, 0.1) is 6.92 Å². The van der Waals surface area contributed by atoms with Gasteiger partial charge >= 0.3 is 24.0 Å². The van der Waals surface area contributed by atoms with Crippen molar-refractivity contribution in [3.05, 3.63) is 180 Å². The molecule has 0 saturated carbocycles. The van der Waals surface area contributed by atoms with Gasteiger partial charge < -0.3 is 9.47 Å². The zero-order valence-corrected chi connectivity index (χ0v) is 40.1. The predicted molar refractivity (Wildman–Crippen MR) is 280 cm³/mol. The molecule has 0 bridgehead atoms. The molecule has 360 valence electrons. The molecule has 0 N–H and O–H groups in total. The van der Waals surface area contributed by atoms with Gasteiger partial charge in [-0.05, 0) is 179 Å². The number of esters is 2. The molecule has 11 rings (SSSR count). The first kappa shape index (κ1) is 46.7. The molecule has 4 nitrogen and oxygen atoms in total. The summed E-state index contributed by atoms with van der Waals surface area (Å²) in [5.74, 6) is -5.79. The van der Waals surface area contributed by atoms with E-state index in [1.54, 1.807) is 26.0 Å². The molecule has 0 aliphatic heterocycles. The molecule has 10 aromatic carbocycles. The minimum absolute atomic E-state index is 0.0980. The van der Waals surface area contributed by atoms with E-state index in [2.05, 4.69) is 111 Å². The van der Waals surface area contributed by atoms with Gasteiger partial charge in [-0.25, -0.2) is 9.59 Å². The van der Waals surface area contributed by atoms with Gasteiger partial charge in [0.15, 0.2) is 0 Å². The highest BCUT2D eigenvalue weighted by atomic mass is 19.4. The van der Waals surface area contributed by atoms with Gasteiger partial charge in [0.2, 0.25) is 0 Å². The summed E-state index contributed by atoms with van der Waals surface area (Å²) in [6.07, 6.45) is -4.91. The second-order valence-electron chi connectivity index (χ2n) is 19.8. The lowest BCUT2D eigenvalue weighted by molar-refractivity contribution is -0.281. The number of halogens is 5. The van der Waals surface area contributed by atoms with Crippen LogP contribution >= 0.6 is 0 Å². The Bertz CT molecular complexity index is 3810. The van der Waals surface area contributed by atoms with E-state index in [4.69, 9.17) is 9.47 Å². The fraction of sp³-hybridized carbons (Fsp3) is 0.206. The summed E-state index contributed by atoms with van der Waals surface area (Å²) in [6.45, 7) is 13.3. The maximum absolute atomic E-state index is 14.3. The van der Waals surface area contributed by atoms with Gasteiger partial charge in [-0.1, -0.05) is 134 Å². The second-order valence-corrected chi connectivity index (χ2v) is 19.8. The van der Waals surface area contributed by atoms with Gasteiger partial charge in [0.1, 0.15) is 0 Å². The van der Waals surface area contributed by atoms with Crippen molar-refractivity contribution >= 4 is 76.6 Å². The lowest BCUT2D eigenvalue weighted by Crippen LogP contribution is -2.38. The molecule has 0 unspecified atom stereocenters. The smallest absolute Gasteiger partial charge is 0.453 e. The number of benzene rings is 10. The number of aryl methyl sites for hydroxylation is 1. The Balaban J connectivity index is 1.07. The van der Waals surface area contributed by atoms with Gasteiger partial charge in [0.05, 0.1) is 13.2 Å². The first-order valence-corrected chi connectivity index (χ1v) is 24.2. The number of ether oxygens (including phenoxy) is 2. The van der Waals surface area contributed by atoms with Crippen LogP contribution in [0.5, 0.6) is 0 Å². The summed E-state index contributed by atoms with van der Waals surface area (Å²) in [4.78, 5) is 25.4. The van der Waals surface area contributed by atoms with Crippen LogP contribution in [0.1, 0.15) is 61.8 Å². The average molecular weight is 965 g/mol. The predicted octanol–water partition coefficient (Wildman–Crippen LogP) is 16.9. The lowest BCUT2D eigenvalue weighted by Gasteiger charge is -2.33. The third-order valence-electron chi connectivity index (χ3n) is 14.9. The van der Waals surface area contributed by atoms with Crippen LogP contribution < -0.4 is 0 Å². The Hall–Kier alpha value is -7.65. The number of carbonyl (C=O) groups excluding carboxylic acids is 2. The molecule has 0 heterocycles. The van der Waals surface area contributed by atoms with E-state index in [1.807, 2.05) is 18.2 Å². The van der Waals surface area contributed by atoms with Crippen molar-refractivity contribution in [3.63, 3.8) is 0 Å². The van der Waals surface area contributed by atoms with Crippen molar-refractivity contribution in [1.29, 1.82) is 0 Å². The van der Waals surface area contributed by atoms with Gasteiger partial charge in [-0.3, -0.25) is 0 Å². The SMILES string of the molecule is C=C(C)C(=O)OCCCC1(CCCOC(=O)C(=C)C)c2cc(-c3ccc4ccc5cc(C)cc6ccc3c4c56)ccc2-c2ccc(-c3ccc4ccc5cc(CC(F)(F)C(F)(F)F)cc6ccc3c4c56)cc21. The quantitative estimate of drug-likeness (QED) is 0.0358. The highest BCUT2D eigenvalue weighted by Crippen LogP contribution is 2.56. The Morgan fingerprint density at radius 2 is 0.889 bits per heavy atom. The van der Waals surface area contributed by atoms with E-state index in [0.29, 0.717) is 47.6 Å². The van der Waals surface area contributed by atoms with E-state index in [1.165, 1.54) is 44.6 Å². The summed E-state index contributed by atoms with van der Waals surface area (Å²) in [7, 11) is 0. The molecule has 9 heteroatoms. The highest BCUT2D eigenvalue weighted by Gasteiger charge is 2.57. The first-order chi connectivity index (χ1) is 34.4. The first-order valence-electron chi connectivity index (χ1n) is 24.2. The number of hydrogen-bond donors (Lipinski definition) is 0. The number of hydrogen-bond acceptors (Lipinski definition) is 4. The van der Waals surface area contributed by atoms with Crippen LogP contribution in [0.2, 0.25) is 0 Å². The van der Waals surface area contributed by atoms with Crippen molar-refractivity contribution in [2.75, 3.05) is 13.2 Å². The van der Waals surface area contributed by atoms with E-state index in [-0.39, 0.29) is 18.8 Å². The third kappa shape index (κ3) is 7.72. The van der Waals surface area contributed by atoms with Crippen LogP contribution in [0.3, 0.4) is 0 Å². The van der Waals surface area contributed by atoms with Crippen LogP contribution in [0.15, 0.2) is 158 Å². The molecule has 1 aliphatic carbocycles. The minimum Gasteiger partial charge on any atom is -0.462 e. The molecular formula is C63H49F5O4. The van der Waals surface area contributed by atoms with Crippen LogP contribution in [-0.2, 0) is 30.9 Å². The summed E-state index contributed by atoms with van der Waals surface area (Å²) in [6, 6.07) is 45.3. The van der Waals surface area contributed by atoms with Crippen molar-refractivity contribution in [3.8, 4) is 33.4 Å². The molecule has 0 aromatic heterocycles. The minimum atomic E-state index is -5.67. The highest BCUT2D eigenvalue weighted by molar-refractivity contribution is 6.27. The van der Waals surface area contributed by atoms with E-state index >= 15 is 0 Å². The fourth-order valence-electron chi connectivity index (χ4n) is 11.6. The van der Waals surface area contributed by atoms with Gasteiger partial charge in [-0.2, -0.15) is 22.0 Å². The van der Waals surface area contributed by atoms with Gasteiger partial charge in [-0.15, -0.1) is 0 Å². The molecule has 1 aliphatic rings. The number of alkyl halides is 5. The third-order valence-corrected chi connectivity index (χ3v) is 14.9. The van der Waals surface area contributed by atoms with E-state index in [0.717, 1.165) is 71.4 Å². The van der Waals surface area contributed by atoms with Crippen molar-refractivity contribution in [2.24, 2.45) is 0 Å². The molecule has 0 atom stereocenters. The maximum Gasteiger partial charge on any atom is 0.453 e. The second kappa shape index (κ2) is 17.3. The zero-order chi connectivity index (χ0) is 50.4. The van der Waals surface area contributed by atoms with Gasteiger partial charge in [0, 0.05) is 23.0 Å². The Kier molecular flexibility index (Phi) is 11.2. The monoisotopic (exact) mass is 964 g/mol. The van der Waals surface area contributed by atoms with Crippen molar-refractivity contribution < 1.29 is 41.0 Å². The average Bonchev–Trinajstić information content (AvgIpc) is 3.61.